The van der Waals surface area contributed by atoms with Gasteiger partial charge in [0, 0.05) is 25.7 Å². The maximum atomic E-state index is 12.4. The summed E-state index contributed by atoms with van der Waals surface area (Å²) in [7, 11) is 0. The molecule has 2 heterocycles. The summed E-state index contributed by atoms with van der Waals surface area (Å²) in [6.07, 6.45) is 8.89. The number of amides is 2. The first-order chi connectivity index (χ1) is 7.84. The van der Waals surface area contributed by atoms with Crippen LogP contribution in [0.2, 0.25) is 0 Å². The number of piperidine rings is 1. The smallest absolute Gasteiger partial charge is 0.320 e. The van der Waals surface area contributed by atoms with Crippen LogP contribution in [0.4, 0.5) is 4.79 Å². The Labute approximate surface area is 97.8 Å². The molecule has 3 fully saturated rings. The van der Waals surface area contributed by atoms with Crippen LogP contribution in [0, 0.1) is 5.92 Å². The van der Waals surface area contributed by atoms with Crippen molar-refractivity contribution < 1.29 is 4.79 Å². The first-order valence-electron chi connectivity index (χ1n) is 6.90. The summed E-state index contributed by atoms with van der Waals surface area (Å²) in [6, 6.07) is 0.926. The minimum atomic E-state index is 0.342. The highest BCUT2D eigenvalue weighted by Crippen LogP contribution is 2.37. The van der Waals surface area contributed by atoms with Crippen molar-refractivity contribution >= 4 is 6.03 Å². The average Bonchev–Trinajstić information content (AvgIpc) is 2.82. The number of rotatable bonds is 0. The molecule has 0 aromatic heterocycles. The van der Waals surface area contributed by atoms with Gasteiger partial charge in [0.15, 0.2) is 0 Å². The third kappa shape index (κ3) is 1.80. The minimum absolute atomic E-state index is 0.342. The molecule has 2 amide bonds. The largest absolute Gasteiger partial charge is 0.325 e. The lowest BCUT2D eigenvalue weighted by Crippen LogP contribution is -2.47. The van der Waals surface area contributed by atoms with Crippen LogP contribution in [0.3, 0.4) is 0 Å². The van der Waals surface area contributed by atoms with Crippen LogP contribution in [0.5, 0.6) is 0 Å². The van der Waals surface area contributed by atoms with Gasteiger partial charge < -0.3 is 9.80 Å². The van der Waals surface area contributed by atoms with Crippen molar-refractivity contribution in [3.05, 3.63) is 0 Å². The Balaban J connectivity index is 1.63. The first kappa shape index (κ1) is 10.4. The third-order valence-corrected chi connectivity index (χ3v) is 4.53. The van der Waals surface area contributed by atoms with Gasteiger partial charge >= 0.3 is 6.03 Å². The molecule has 0 aromatic rings. The van der Waals surface area contributed by atoms with Gasteiger partial charge in [0.2, 0.25) is 0 Å². The maximum absolute atomic E-state index is 12.4. The highest BCUT2D eigenvalue weighted by atomic mass is 16.2. The van der Waals surface area contributed by atoms with E-state index >= 15 is 0 Å². The predicted octanol–water partition coefficient (Wildman–Crippen LogP) is 2.47. The molecule has 2 atom stereocenters. The zero-order chi connectivity index (χ0) is 11.0. The van der Waals surface area contributed by atoms with E-state index in [9.17, 15) is 4.79 Å². The first-order valence-corrected chi connectivity index (χ1v) is 6.90. The van der Waals surface area contributed by atoms with E-state index in [0.29, 0.717) is 12.1 Å². The van der Waals surface area contributed by atoms with Crippen molar-refractivity contribution in [3.8, 4) is 0 Å². The van der Waals surface area contributed by atoms with E-state index < -0.39 is 0 Å². The van der Waals surface area contributed by atoms with Gasteiger partial charge in [-0.1, -0.05) is 12.8 Å². The Bertz CT molecular complexity index is 271. The van der Waals surface area contributed by atoms with Crippen LogP contribution in [-0.4, -0.2) is 41.5 Å². The summed E-state index contributed by atoms with van der Waals surface area (Å²) in [5.41, 5.74) is 0. The van der Waals surface area contributed by atoms with E-state index in [1.807, 2.05) is 0 Å². The fourth-order valence-electron chi connectivity index (χ4n) is 3.60. The van der Waals surface area contributed by atoms with E-state index in [4.69, 9.17) is 0 Å². The number of nitrogens with zero attached hydrogens (tertiary/aromatic N) is 2. The number of hydrogen-bond donors (Lipinski definition) is 0. The van der Waals surface area contributed by atoms with E-state index in [1.54, 1.807) is 0 Å². The van der Waals surface area contributed by atoms with Gasteiger partial charge in [-0.2, -0.15) is 0 Å². The van der Waals surface area contributed by atoms with Crippen molar-refractivity contribution in [1.82, 2.24) is 9.80 Å². The third-order valence-electron chi connectivity index (χ3n) is 4.53. The summed E-state index contributed by atoms with van der Waals surface area (Å²) in [5, 5.41) is 0. The van der Waals surface area contributed by atoms with Gasteiger partial charge in [-0.15, -0.1) is 0 Å². The molecule has 2 aliphatic heterocycles. The number of carbonyl (C=O) groups is 1. The molecule has 3 heteroatoms. The van der Waals surface area contributed by atoms with Crippen LogP contribution in [0.15, 0.2) is 0 Å². The van der Waals surface area contributed by atoms with Gasteiger partial charge in [0.1, 0.15) is 0 Å². The molecule has 2 bridgehead atoms. The molecule has 2 unspecified atom stereocenters. The predicted molar refractivity (Wildman–Crippen MR) is 63.3 cm³/mol. The van der Waals surface area contributed by atoms with Crippen molar-refractivity contribution in [2.75, 3.05) is 19.6 Å². The van der Waals surface area contributed by atoms with E-state index in [2.05, 4.69) is 9.80 Å². The van der Waals surface area contributed by atoms with Gasteiger partial charge in [0.05, 0.1) is 0 Å². The van der Waals surface area contributed by atoms with Crippen molar-refractivity contribution in [2.24, 2.45) is 5.92 Å². The van der Waals surface area contributed by atoms with Gasteiger partial charge in [-0.05, 0) is 38.0 Å². The fraction of sp³-hybridized carbons (Fsp3) is 0.923. The molecule has 0 N–H and O–H groups in total. The zero-order valence-electron chi connectivity index (χ0n) is 10.0. The van der Waals surface area contributed by atoms with Crippen molar-refractivity contribution in [3.63, 3.8) is 0 Å². The molecule has 1 saturated carbocycles. The number of fused-ring (bicyclic) bond motifs is 2. The Hall–Kier alpha value is -0.730. The lowest BCUT2D eigenvalue weighted by molar-refractivity contribution is 0.140. The van der Waals surface area contributed by atoms with Gasteiger partial charge in [0.25, 0.3) is 0 Å². The second kappa shape index (κ2) is 4.27. The summed E-state index contributed by atoms with van der Waals surface area (Å²) >= 11 is 0. The van der Waals surface area contributed by atoms with Crippen LogP contribution >= 0.6 is 0 Å². The molecular formula is C13H22N2O. The van der Waals surface area contributed by atoms with Gasteiger partial charge in [-0.25, -0.2) is 4.79 Å². The molecule has 3 aliphatic rings. The molecule has 0 spiro atoms. The van der Waals surface area contributed by atoms with Gasteiger partial charge in [-0.3, -0.25) is 0 Å². The maximum Gasteiger partial charge on any atom is 0.320 e. The Morgan fingerprint density at radius 1 is 1.00 bits per heavy atom. The summed E-state index contributed by atoms with van der Waals surface area (Å²) in [6.45, 7) is 3.03. The second-order valence-corrected chi connectivity index (χ2v) is 5.67. The lowest BCUT2D eigenvalue weighted by atomic mass is 10.1. The molecule has 1 aliphatic carbocycles. The number of hydrogen-bond acceptors (Lipinski definition) is 1. The molecule has 90 valence electrons. The monoisotopic (exact) mass is 222 g/mol. The number of carbonyl (C=O) groups excluding carboxylic acids is 1. The quantitative estimate of drug-likeness (QED) is 0.617. The highest BCUT2D eigenvalue weighted by molar-refractivity contribution is 5.75. The zero-order valence-corrected chi connectivity index (χ0v) is 10.0. The fourth-order valence-corrected chi connectivity index (χ4v) is 3.60. The lowest BCUT2D eigenvalue weighted by Gasteiger charge is -2.32. The minimum Gasteiger partial charge on any atom is -0.325 e. The normalized spacial score (nSPS) is 34.2. The summed E-state index contributed by atoms with van der Waals surface area (Å²) in [4.78, 5) is 16.7. The summed E-state index contributed by atoms with van der Waals surface area (Å²) in [5.74, 6) is 0.820. The van der Waals surface area contributed by atoms with E-state index in [0.717, 1.165) is 25.6 Å². The Morgan fingerprint density at radius 2 is 1.75 bits per heavy atom. The summed E-state index contributed by atoms with van der Waals surface area (Å²) < 4.78 is 0. The standard InChI is InChI=1S/C13H22N2O/c16-13(14-7-3-1-2-4-8-14)15-10-11-5-6-12(15)9-11/h11-12H,1-10H2. The SMILES string of the molecule is O=C(N1CCCCCC1)N1CC2CCC1C2. The Morgan fingerprint density at radius 3 is 2.31 bits per heavy atom. The van der Waals surface area contributed by atoms with Crippen LogP contribution < -0.4 is 0 Å². The van der Waals surface area contributed by atoms with E-state index in [1.165, 1.54) is 44.9 Å². The molecule has 0 radical (unpaired) electrons. The number of likely N-dealkylation sites (tertiary alicyclic amines) is 2. The molecule has 2 saturated heterocycles. The van der Waals surface area contributed by atoms with E-state index in [-0.39, 0.29) is 0 Å². The molecule has 16 heavy (non-hydrogen) atoms. The highest BCUT2D eigenvalue weighted by Gasteiger charge is 2.41. The van der Waals surface area contributed by atoms with Crippen molar-refractivity contribution in [2.45, 2.75) is 51.0 Å². The molecule has 0 aromatic carbocycles. The second-order valence-electron chi connectivity index (χ2n) is 5.67. The molecular weight excluding hydrogens is 200 g/mol. The molecule has 3 nitrogen and oxygen atoms in total. The van der Waals surface area contributed by atoms with Crippen LogP contribution in [0.1, 0.15) is 44.9 Å². The van der Waals surface area contributed by atoms with Crippen LogP contribution in [0.25, 0.3) is 0 Å². The Kier molecular flexibility index (Phi) is 2.78. The number of urea groups is 1. The van der Waals surface area contributed by atoms with Crippen LogP contribution in [-0.2, 0) is 0 Å². The average molecular weight is 222 g/mol. The van der Waals surface area contributed by atoms with Crippen molar-refractivity contribution in [1.29, 1.82) is 0 Å². The molecule has 3 rings (SSSR count). The topological polar surface area (TPSA) is 23.6 Å².